The first-order chi connectivity index (χ1) is 12.5. The lowest BCUT2D eigenvalue weighted by Crippen LogP contribution is -2.15. The van der Waals surface area contributed by atoms with Crippen LogP contribution >= 0.6 is 22.6 Å². The number of rotatable bonds is 6. The maximum absolute atomic E-state index is 12.3. The molecule has 0 radical (unpaired) electrons. The fraction of sp³-hybridized carbons (Fsp3) is 0.158. The molecule has 1 amide bonds. The van der Waals surface area contributed by atoms with Crippen molar-refractivity contribution in [1.82, 2.24) is 0 Å². The van der Waals surface area contributed by atoms with E-state index < -0.39 is 5.91 Å². The SMILES string of the molecule is COc1ccc(N/C=C(/C#N)C(=O)Nc2ccc(I)cc2C)cc1OC. The van der Waals surface area contributed by atoms with Crippen LogP contribution in [0.15, 0.2) is 48.2 Å². The van der Waals surface area contributed by atoms with Crippen molar-refractivity contribution < 1.29 is 14.3 Å². The van der Waals surface area contributed by atoms with Crippen molar-refractivity contribution in [2.75, 3.05) is 24.9 Å². The van der Waals surface area contributed by atoms with Crippen LogP contribution in [0.4, 0.5) is 11.4 Å². The first-order valence-electron chi connectivity index (χ1n) is 7.64. The zero-order valence-corrected chi connectivity index (χ0v) is 16.7. The van der Waals surface area contributed by atoms with E-state index in [4.69, 9.17) is 9.47 Å². The summed E-state index contributed by atoms with van der Waals surface area (Å²) in [6.07, 6.45) is 1.36. The second-order valence-corrected chi connectivity index (χ2v) is 6.54. The number of ether oxygens (including phenoxy) is 2. The molecule has 0 aliphatic carbocycles. The molecule has 0 saturated carbocycles. The van der Waals surface area contributed by atoms with E-state index in [1.165, 1.54) is 13.3 Å². The van der Waals surface area contributed by atoms with Crippen molar-refractivity contribution in [1.29, 1.82) is 5.26 Å². The number of carbonyl (C=O) groups is 1. The first-order valence-corrected chi connectivity index (χ1v) is 8.72. The Labute approximate surface area is 165 Å². The quantitative estimate of drug-likeness (QED) is 0.384. The molecule has 0 spiro atoms. The molecule has 2 N–H and O–H groups in total. The van der Waals surface area contributed by atoms with Gasteiger partial charge in [0.2, 0.25) is 0 Å². The predicted octanol–water partition coefficient (Wildman–Crippen LogP) is 4.07. The number of anilines is 2. The van der Waals surface area contributed by atoms with Crippen LogP contribution in [0.1, 0.15) is 5.56 Å². The molecule has 7 heteroatoms. The smallest absolute Gasteiger partial charge is 0.267 e. The van der Waals surface area contributed by atoms with Gasteiger partial charge in [0.1, 0.15) is 11.6 Å². The van der Waals surface area contributed by atoms with Crippen molar-refractivity contribution in [3.8, 4) is 17.6 Å². The van der Waals surface area contributed by atoms with Crippen molar-refractivity contribution >= 4 is 39.9 Å². The third kappa shape index (κ3) is 4.89. The number of amides is 1. The normalized spacial score (nSPS) is 10.7. The molecule has 2 rings (SSSR count). The van der Waals surface area contributed by atoms with Gasteiger partial charge < -0.3 is 20.1 Å². The summed E-state index contributed by atoms with van der Waals surface area (Å²) in [5.41, 5.74) is 2.21. The highest BCUT2D eigenvalue weighted by Gasteiger charge is 2.11. The second kappa shape index (κ2) is 9.10. The van der Waals surface area contributed by atoms with Crippen LogP contribution in [0.25, 0.3) is 0 Å². The summed E-state index contributed by atoms with van der Waals surface area (Å²) in [5, 5.41) is 15.0. The van der Waals surface area contributed by atoms with E-state index in [0.29, 0.717) is 22.9 Å². The fourth-order valence-electron chi connectivity index (χ4n) is 2.19. The van der Waals surface area contributed by atoms with Crippen LogP contribution in [0, 0.1) is 21.8 Å². The Bertz CT molecular complexity index is 888. The largest absolute Gasteiger partial charge is 0.493 e. The van der Waals surface area contributed by atoms with Gasteiger partial charge in [0.05, 0.1) is 14.2 Å². The Morgan fingerprint density at radius 1 is 1.15 bits per heavy atom. The Kier molecular flexibility index (Phi) is 6.86. The highest BCUT2D eigenvalue weighted by molar-refractivity contribution is 14.1. The Morgan fingerprint density at radius 3 is 2.50 bits per heavy atom. The predicted molar refractivity (Wildman–Crippen MR) is 109 cm³/mol. The molecular weight excluding hydrogens is 445 g/mol. The minimum Gasteiger partial charge on any atom is -0.493 e. The highest BCUT2D eigenvalue weighted by Crippen LogP contribution is 2.29. The number of nitrogens with zero attached hydrogens (tertiary/aromatic N) is 1. The molecule has 6 nitrogen and oxygen atoms in total. The molecule has 0 aliphatic rings. The van der Waals surface area contributed by atoms with Crippen LogP contribution < -0.4 is 20.1 Å². The zero-order valence-electron chi connectivity index (χ0n) is 14.6. The number of hydrogen-bond acceptors (Lipinski definition) is 5. The summed E-state index contributed by atoms with van der Waals surface area (Å²) in [6, 6.07) is 12.8. The number of methoxy groups -OCH3 is 2. The summed E-state index contributed by atoms with van der Waals surface area (Å²) >= 11 is 2.20. The Balaban J connectivity index is 2.14. The van der Waals surface area contributed by atoms with Gasteiger partial charge in [-0.2, -0.15) is 5.26 Å². The minimum absolute atomic E-state index is 0.0438. The number of hydrogen-bond donors (Lipinski definition) is 2. The molecule has 0 bridgehead atoms. The molecule has 2 aromatic rings. The van der Waals surface area contributed by atoms with Gasteiger partial charge in [-0.25, -0.2) is 0 Å². The molecule has 0 heterocycles. The molecule has 0 aromatic heterocycles. The zero-order chi connectivity index (χ0) is 19.1. The first kappa shape index (κ1) is 19.6. The van der Waals surface area contributed by atoms with Gasteiger partial charge in [0.25, 0.3) is 5.91 Å². The lowest BCUT2D eigenvalue weighted by molar-refractivity contribution is -0.112. The van der Waals surface area contributed by atoms with Crippen LogP contribution in [-0.4, -0.2) is 20.1 Å². The molecule has 26 heavy (non-hydrogen) atoms. The standard InChI is InChI=1S/C19H18IN3O3/c1-12-8-14(20)4-6-16(12)23-19(24)13(10-21)11-22-15-5-7-17(25-2)18(9-15)26-3/h4-9,11,22H,1-3H3,(H,23,24)/b13-11-. The fourth-order valence-corrected chi connectivity index (χ4v) is 2.83. The molecule has 0 aliphatic heterocycles. The van der Waals surface area contributed by atoms with Gasteiger partial charge >= 0.3 is 0 Å². The van der Waals surface area contributed by atoms with Crippen LogP contribution in [0.5, 0.6) is 11.5 Å². The van der Waals surface area contributed by atoms with E-state index >= 15 is 0 Å². The lowest BCUT2D eigenvalue weighted by atomic mass is 10.2. The van der Waals surface area contributed by atoms with Gasteiger partial charge in [-0.3, -0.25) is 4.79 Å². The summed E-state index contributed by atoms with van der Waals surface area (Å²) in [4.78, 5) is 12.3. The summed E-state index contributed by atoms with van der Waals surface area (Å²) in [6.45, 7) is 1.90. The van der Waals surface area contributed by atoms with E-state index in [1.54, 1.807) is 25.3 Å². The van der Waals surface area contributed by atoms with Gasteiger partial charge in [0, 0.05) is 27.2 Å². The third-order valence-corrected chi connectivity index (χ3v) is 4.24. The summed E-state index contributed by atoms with van der Waals surface area (Å²) in [5.74, 6) is 0.655. The number of nitriles is 1. The average molecular weight is 463 g/mol. The molecule has 0 unspecified atom stereocenters. The molecule has 0 atom stereocenters. The van der Waals surface area contributed by atoms with E-state index in [1.807, 2.05) is 31.2 Å². The summed E-state index contributed by atoms with van der Waals surface area (Å²) in [7, 11) is 3.09. The number of nitrogens with one attached hydrogen (secondary N) is 2. The van der Waals surface area contributed by atoms with Gasteiger partial charge in [-0.05, 0) is 65.4 Å². The van der Waals surface area contributed by atoms with E-state index in [9.17, 15) is 10.1 Å². The van der Waals surface area contributed by atoms with Crippen molar-refractivity contribution in [2.24, 2.45) is 0 Å². The minimum atomic E-state index is -0.482. The van der Waals surface area contributed by atoms with E-state index in [-0.39, 0.29) is 5.57 Å². The Hall–Kier alpha value is -2.73. The molecule has 134 valence electrons. The highest BCUT2D eigenvalue weighted by atomic mass is 127. The van der Waals surface area contributed by atoms with Crippen LogP contribution in [0.3, 0.4) is 0 Å². The van der Waals surface area contributed by atoms with Gasteiger partial charge in [-0.1, -0.05) is 0 Å². The van der Waals surface area contributed by atoms with Crippen LogP contribution in [-0.2, 0) is 4.79 Å². The van der Waals surface area contributed by atoms with Crippen LogP contribution in [0.2, 0.25) is 0 Å². The maximum atomic E-state index is 12.3. The van der Waals surface area contributed by atoms with E-state index in [2.05, 4.69) is 33.2 Å². The van der Waals surface area contributed by atoms with Gasteiger partial charge in [-0.15, -0.1) is 0 Å². The van der Waals surface area contributed by atoms with E-state index in [0.717, 1.165) is 9.13 Å². The monoisotopic (exact) mass is 463 g/mol. The topological polar surface area (TPSA) is 83.4 Å². The van der Waals surface area contributed by atoms with Crippen molar-refractivity contribution in [3.05, 3.63) is 57.3 Å². The second-order valence-electron chi connectivity index (χ2n) is 5.30. The number of halogens is 1. The Morgan fingerprint density at radius 2 is 1.88 bits per heavy atom. The summed E-state index contributed by atoms with van der Waals surface area (Å²) < 4.78 is 11.5. The van der Waals surface area contributed by atoms with Crippen molar-refractivity contribution in [2.45, 2.75) is 6.92 Å². The number of aryl methyl sites for hydroxylation is 1. The maximum Gasteiger partial charge on any atom is 0.267 e. The molecule has 0 saturated heterocycles. The third-order valence-electron chi connectivity index (χ3n) is 3.57. The molecule has 2 aromatic carbocycles. The van der Waals surface area contributed by atoms with Crippen molar-refractivity contribution in [3.63, 3.8) is 0 Å². The van der Waals surface area contributed by atoms with Gasteiger partial charge in [0.15, 0.2) is 11.5 Å². The number of benzene rings is 2. The number of carbonyl (C=O) groups excluding carboxylic acids is 1. The molecular formula is C19H18IN3O3. The lowest BCUT2D eigenvalue weighted by Gasteiger charge is -2.10. The molecule has 0 fully saturated rings. The average Bonchev–Trinajstić information content (AvgIpc) is 2.64.